The van der Waals surface area contributed by atoms with E-state index in [9.17, 15) is 24.9 Å². The van der Waals surface area contributed by atoms with Crippen molar-refractivity contribution in [3.05, 3.63) is 0 Å². The second-order valence-electron chi connectivity index (χ2n) is 5.83. The molecule has 0 spiro atoms. The summed E-state index contributed by atoms with van der Waals surface area (Å²) in [4.78, 5) is 22.7. The lowest BCUT2D eigenvalue weighted by molar-refractivity contribution is -0.131. The van der Waals surface area contributed by atoms with Crippen LogP contribution in [0, 0.1) is 0 Å². The van der Waals surface area contributed by atoms with Gasteiger partial charge in [0.05, 0.1) is 6.61 Å². The predicted molar refractivity (Wildman–Crippen MR) is 85.7 cm³/mol. The Morgan fingerprint density at radius 2 is 1.57 bits per heavy atom. The van der Waals surface area contributed by atoms with E-state index in [1.54, 1.807) is 0 Å². The second-order valence-corrected chi connectivity index (χ2v) is 5.83. The molecule has 0 aromatic carbocycles. The summed E-state index contributed by atoms with van der Waals surface area (Å²) in [6.45, 7) is 1.40. The van der Waals surface area contributed by atoms with Crippen molar-refractivity contribution < 1.29 is 30.0 Å². The number of nitrogens with one attached hydrogen (secondary N) is 1. The van der Waals surface area contributed by atoms with Gasteiger partial charge < -0.3 is 30.5 Å². The lowest BCUT2D eigenvalue weighted by Gasteiger charge is -2.26. The lowest BCUT2D eigenvalue weighted by atomic mass is 10.0. The standard InChI is InChI=1S/C16H31NO6/c1-2-3-4-5-6-7-8-9-14(21)17-12(10-18)15(22)16(23)13(20)11-19/h10,12-13,15-16,19-20,22-23H,2-9,11H2,1H3,(H,17,21)/t12-,13-,15-,16-/m1/s1. The maximum atomic E-state index is 11.7. The third kappa shape index (κ3) is 9.65. The van der Waals surface area contributed by atoms with Crippen LogP contribution >= 0.6 is 0 Å². The van der Waals surface area contributed by atoms with Gasteiger partial charge in [0.15, 0.2) is 0 Å². The zero-order chi connectivity index (χ0) is 17.7. The number of unbranched alkanes of at least 4 members (excludes halogenated alkanes) is 6. The molecule has 7 heteroatoms. The predicted octanol–water partition coefficient (Wildman–Crippen LogP) is -0.114. The Balaban J connectivity index is 4.02. The number of carbonyl (C=O) groups is 2. The summed E-state index contributed by atoms with van der Waals surface area (Å²) in [5.74, 6) is -0.389. The Hall–Kier alpha value is -1.02. The number of amides is 1. The summed E-state index contributed by atoms with van der Waals surface area (Å²) in [5, 5.41) is 39.6. The fraction of sp³-hybridized carbons (Fsp3) is 0.875. The zero-order valence-electron chi connectivity index (χ0n) is 13.9. The van der Waals surface area contributed by atoms with Gasteiger partial charge in [-0.1, -0.05) is 45.4 Å². The molecule has 0 unspecified atom stereocenters. The van der Waals surface area contributed by atoms with Gasteiger partial charge in [-0.3, -0.25) is 4.79 Å². The van der Waals surface area contributed by atoms with Crippen molar-refractivity contribution in [2.45, 2.75) is 82.6 Å². The van der Waals surface area contributed by atoms with E-state index >= 15 is 0 Å². The smallest absolute Gasteiger partial charge is 0.220 e. The van der Waals surface area contributed by atoms with Gasteiger partial charge >= 0.3 is 0 Å². The third-order valence-corrected chi connectivity index (χ3v) is 3.78. The molecule has 5 N–H and O–H groups in total. The minimum absolute atomic E-state index is 0.240. The molecule has 0 aliphatic carbocycles. The highest BCUT2D eigenvalue weighted by atomic mass is 16.4. The summed E-state index contributed by atoms with van der Waals surface area (Å²) >= 11 is 0. The maximum Gasteiger partial charge on any atom is 0.220 e. The maximum absolute atomic E-state index is 11.7. The molecule has 0 bridgehead atoms. The van der Waals surface area contributed by atoms with Crippen molar-refractivity contribution in [2.24, 2.45) is 0 Å². The van der Waals surface area contributed by atoms with Crippen LogP contribution in [-0.4, -0.2) is 63.6 Å². The van der Waals surface area contributed by atoms with Gasteiger partial charge in [-0.15, -0.1) is 0 Å². The summed E-state index contributed by atoms with van der Waals surface area (Å²) in [6, 6.07) is -1.32. The normalized spacial score (nSPS) is 16.4. The summed E-state index contributed by atoms with van der Waals surface area (Å²) < 4.78 is 0. The molecular weight excluding hydrogens is 302 g/mol. The van der Waals surface area contributed by atoms with E-state index in [2.05, 4.69) is 12.2 Å². The van der Waals surface area contributed by atoms with Gasteiger partial charge in [-0.2, -0.15) is 0 Å². The van der Waals surface area contributed by atoms with Crippen LogP contribution < -0.4 is 5.32 Å². The van der Waals surface area contributed by atoms with Crippen molar-refractivity contribution in [1.82, 2.24) is 5.32 Å². The highest BCUT2D eigenvalue weighted by Gasteiger charge is 2.31. The number of aliphatic hydroxyl groups is 4. The molecule has 0 aliphatic rings. The molecule has 0 aliphatic heterocycles. The highest BCUT2D eigenvalue weighted by molar-refractivity contribution is 5.79. The molecule has 0 aromatic heterocycles. The van der Waals surface area contributed by atoms with E-state index in [4.69, 9.17) is 5.11 Å². The molecule has 0 fully saturated rings. The molecule has 0 saturated heterocycles. The van der Waals surface area contributed by atoms with Gasteiger partial charge in [0.1, 0.15) is 30.6 Å². The Kier molecular flexibility index (Phi) is 12.8. The van der Waals surface area contributed by atoms with Gasteiger partial charge in [0.2, 0.25) is 5.91 Å². The van der Waals surface area contributed by atoms with Crippen LogP contribution in [0.3, 0.4) is 0 Å². The molecule has 0 aromatic rings. The molecular formula is C16H31NO6. The first-order valence-electron chi connectivity index (χ1n) is 8.37. The van der Waals surface area contributed by atoms with Crippen LogP contribution in [-0.2, 0) is 9.59 Å². The minimum Gasteiger partial charge on any atom is -0.394 e. The molecule has 23 heavy (non-hydrogen) atoms. The molecule has 0 radical (unpaired) electrons. The summed E-state index contributed by atoms with van der Waals surface area (Å²) in [6.07, 6.45) is 3.03. The van der Waals surface area contributed by atoms with E-state index < -0.39 is 31.0 Å². The van der Waals surface area contributed by atoms with Gasteiger partial charge in [-0.05, 0) is 6.42 Å². The largest absolute Gasteiger partial charge is 0.394 e. The van der Waals surface area contributed by atoms with Crippen LogP contribution in [0.4, 0.5) is 0 Å². The summed E-state index contributed by atoms with van der Waals surface area (Å²) in [7, 11) is 0. The van der Waals surface area contributed by atoms with Crippen molar-refractivity contribution in [2.75, 3.05) is 6.61 Å². The molecule has 0 rings (SSSR count). The van der Waals surface area contributed by atoms with E-state index in [0.29, 0.717) is 12.7 Å². The SMILES string of the molecule is CCCCCCCCCC(=O)N[C@H](C=O)[C@@H](O)[C@H](O)[C@H](O)CO. The van der Waals surface area contributed by atoms with E-state index in [1.165, 1.54) is 19.3 Å². The average molecular weight is 333 g/mol. The number of rotatable bonds is 14. The molecule has 1 amide bonds. The first-order valence-corrected chi connectivity index (χ1v) is 8.37. The number of hydrogen-bond acceptors (Lipinski definition) is 6. The van der Waals surface area contributed by atoms with Crippen molar-refractivity contribution in [1.29, 1.82) is 0 Å². The monoisotopic (exact) mass is 333 g/mol. The Morgan fingerprint density at radius 1 is 1.00 bits per heavy atom. The molecule has 0 heterocycles. The van der Waals surface area contributed by atoms with Gasteiger partial charge in [0.25, 0.3) is 0 Å². The fourth-order valence-corrected chi connectivity index (χ4v) is 2.25. The second kappa shape index (κ2) is 13.4. The Morgan fingerprint density at radius 3 is 2.09 bits per heavy atom. The van der Waals surface area contributed by atoms with Gasteiger partial charge in [0, 0.05) is 6.42 Å². The molecule has 7 nitrogen and oxygen atoms in total. The minimum atomic E-state index is -1.71. The zero-order valence-corrected chi connectivity index (χ0v) is 13.9. The van der Waals surface area contributed by atoms with Crippen LogP contribution in [0.15, 0.2) is 0 Å². The van der Waals surface area contributed by atoms with E-state index in [-0.39, 0.29) is 12.3 Å². The summed E-state index contributed by atoms with van der Waals surface area (Å²) in [5.41, 5.74) is 0. The van der Waals surface area contributed by atoms with Crippen LogP contribution in [0.25, 0.3) is 0 Å². The number of aliphatic hydroxyl groups excluding tert-OH is 4. The van der Waals surface area contributed by atoms with Crippen molar-refractivity contribution in [3.8, 4) is 0 Å². The van der Waals surface area contributed by atoms with Gasteiger partial charge in [-0.25, -0.2) is 0 Å². The number of hydrogen-bond donors (Lipinski definition) is 5. The molecule has 136 valence electrons. The topological polar surface area (TPSA) is 127 Å². The Labute approximate surface area is 137 Å². The number of aldehydes is 1. The van der Waals surface area contributed by atoms with Crippen LogP contribution in [0.1, 0.15) is 58.3 Å². The average Bonchev–Trinajstić information content (AvgIpc) is 2.56. The third-order valence-electron chi connectivity index (χ3n) is 3.78. The molecule has 4 atom stereocenters. The quantitative estimate of drug-likeness (QED) is 0.223. The lowest BCUT2D eigenvalue weighted by Crippen LogP contribution is -2.53. The Bertz CT molecular complexity index is 326. The van der Waals surface area contributed by atoms with Crippen LogP contribution in [0.5, 0.6) is 0 Å². The molecule has 0 saturated carbocycles. The van der Waals surface area contributed by atoms with E-state index in [0.717, 1.165) is 19.3 Å². The van der Waals surface area contributed by atoms with Crippen molar-refractivity contribution >= 4 is 12.2 Å². The first kappa shape index (κ1) is 22.0. The van der Waals surface area contributed by atoms with Crippen molar-refractivity contribution in [3.63, 3.8) is 0 Å². The highest BCUT2D eigenvalue weighted by Crippen LogP contribution is 2.09. The number of carbonyl (C=O) groups excluding carboxylic acids is 2. The van der Waals surface area contributed by atoms with E-state index in [1.807, 2.05) is 0 Å². The van der Waals surface area contributed by atoms with Crippen LogP contribution in [0.2, 0.25) is 0 Å². The fourth-order valence-electron chi connectivity index (χ4n) is 2.25. The first-order chi connectivity index (χ1) is 11.0.